The van der Waals surface area contributed by atoms with Crippen molar-refractivity contribution in [2.75, 3.05) is 27.2 Å². The summed E-state index contributed by atoms with van der Waals surface area (Å²) in [4.78, 5) is 6.85. The van der Waals surface area contributed by atoms with E-state index in [-0.39, 0.29) is 29.7 Å². The lowest BCUT2D eigenvalue weighted by molar-refractivity contribution is 0.198. The van der Waals surface area contributed by atoms with Crippen LogP contribution in [-0.2, 0) is 28.9 Å². The standard InChI is InChI=1S/C23H33N5O2S.HI/c1-24-23(26-16-19-8-10-21(11-9-19)18-31(29,30)25-2)27-22-12-14-28(15-13-22)17-20-6-4-3-5-7-20;/h3-11,22,25H,12-18H2,1-2H3,(H2,24,26,27);1H. The molecule has 0 spiro atoms. The lowest BCUT2D eigenvalue weighted by atomic mass is 10.0. The number of piperidine rings is 1. The smallest absolute Gasteiger partial charge is 0.215 e. The van der Waals surface area contributed by atoms with E-state index >= 15 is 0 Å². The van der Waals surface area contributed by atoms with Crippen LogP contribution in [0, 0.1) is 0 Å². The Balaban J connectivity index is 0.00000363. The van der Waals surface area contributed by atoms with Gasteiger partial charge in [-0.15, -0.1) is 24.0 Å². The molecule has 1 heterocycles. The summed E-state index contributed by atoms with van der Waals surface area (Å²) >= 11 is 0. The van der Waals surface area contributed by atoms with Crippen molar-refractivity contribution in [1.82, 2.24) is 20.3 Å². The van der Waals surface area contributed by atoms with Crippen LogP contribution in [-0.4, -0.2) is 52.5 Å². The fourth-order valence-electron chi connectivity index (χ4n) is 3.70. The maximum Gasteiger partial charge on any atom is 0.215 e. The van der Waals surface area contributed by atoms with Gasteiger partial charge in [-0.05, 0) is 36.6 Å². The molecule has 3 N–H and O–H groups in total. The number of aliphatic imine (C=N–C) groups is 1. The zero-order chi connectivity index (χ0) is 22.1. The molecule has 1 aliphatic rings. The normalized spacial score (nSPS) is 15.8. The van der Waals surface area contributed by atoms with E-state index in [1.54, 1.807) is 7.05 Å². The molecule has 32 heavy (non-hydrogen) atoms. The number of hydrogen-bond donors (Lipinski definition) is 3. The van der Waals surface area contributed by atoms with Crippen LogP contribution in [0.4, 0.5) is 0 Å². The van der Waals surface area contributed by atoms with E-state index in [0.717, 1.165) is 49.6 Å². The van der Waals surface area contributed by atoms with Crippen molar-refractivity contribution in [3.63, 3.8) is 0 Å². The maximum atomic E-state index is 11.7. The summed E-state index contributed by atoms with van der Waals surface area (Å²) in [5.41, 5.74) is 3.20. The summed E-state index contributed by atoms with van der Waals surface area (Å²) in [6.07, 6.45) is 2.17. The number of halogens is 1. The van der Waals surface area contributed by atoms with E-state index in [2.05, 4.69) is 55.6 Å². The molecular weight excluding hydrogens is 537 g/mol. The molecule has 0 atom stereocenters. The van der Waals surface area contributed by atoms with Crippen molar-refractivity contribution in [3.8, 4) is 0 Å². The second kappa shape index (κ2) is 13.1. The minimum Gasteiger partial charge on any atom is -0.354 e. The van der Waals surface area contributed by atoms with Crippen LogP contribution < -0.4 is 15.4 Å². The number of nitrogens with zero attached hydrogens (tertiary/aromatic N) is 2. The van der Waals surface area contributed by atoms with Crippen molar-refractivity contribution in [1.29, 1.82) is 0 Å². The predicted octanol–water partition coefficient (Wildman–Crippen LogP) is 2.68. The maximum absolute atomic E-state index is 11.7. The first-order valence-corrected chi connectivity index (χ1v) is 12.3. The van der Waals surface area contributed by atoms with Crippen molar-refractivity contribution in [2.45, 2.75) is 37.7 Å². The van der Waals surface area contributed by atoms with Crippen LogP contribution in [0.15, 0.2) is 59.6 Å². The van der Waals surface area contributed by atoms with Gasteiger partial charge in [0.1, 0.15) is 0 Å². The van der Waals surface area contributed by atoms with E-state index < -0.39 is 10.0 Å². The number of hydrogen-bond acceptors (Lipinski definition) is 4. The van der Waals surface area contributed by atoms with Gasteiger partial charge in [0.2, 0.25) is 10.0 Å². The SMILES string of the molecule is CN=C(NCc1ccc(CS(=O)(=O)NC)cc1)NC1CCN(Cc2ccccc2)CC1.I. The number of likely N-dealkylation sites (tertiary alicyclic amines) is 1. The summed E-state index contributed by atoms with van der Waals surface area (Å²) in [5.74, 6) is 0.784. The van der Waals surface area contributed by atoms with Gasteiger partial charge in [0.05, 0.1) is 5.75 Å². The molecule has 0 unspecified atom stereocenters. The number of rotatable bonds is 8. The summed E-state index contributed by atoms with van der Waals surface area (Å²) < 4.78 is 25.7. The molecule has 0 amide bonds. The first-order valence-electron chi connectivity index (χ1n) is 10.7. The van der Waals surface area contributed by atoms with Crippen molar-refractivity contribution in [2.24, 2.45) is 4.99 Å². The van der Waals surface area contributed by atoms with E-state index in [4.69, 9.17) is 0 Å². The Hall–Kier alpha value is -1.69. The van der Waals surface area contributed by atoms with Crippen molar-refractivity contribution < 1.29 is 8.42 Å². The molecule has 9 heteroatoms. The van der Waals surface area contributed by atoms with Crippen LogP contribution in [0.1, 0.15) is 29.5 Å². The first kappa shape index (κ1) is 26.6. The minimum atomic E-state index is -3.25. The highest BCUT2D eigenvalue weighted by Crippen LogP contribution is 2.14. The monoisotopic (exact) mass is 571 g/mol. The Labute approximate surface area is 209 Å². The largest absolute Gasteiger partial charge is 0.354 e. The average molecular weight is 572 g/mol. The van der Waals surface area contributed by atoms with Crippen molar-refractivity contribution in [3.05, 3.63) is 71.3 Å². The van der Waals surface area contributed by atoms with Crippen LogP contribution in [0.25, 0.3) is 0 Å². The lowest BCUT2D eigenvalue weighted by Gasteiger charge is -2.33. The van der Waals surface area contributed by atoms with E-state index in [9.17, 15) is 8.42 Å². The molecular formula is C23H34IN5O2S. The topological polar surface area (TPSA) is 85.8 Å². The molecule has 1 fully saturated rings. The number of benzene rings is 2. The third-order valence-corrected chi connectivity index (χ3v) is 6.89. The fourth-order valence-corrected chi connectivity index (χ4v) is 4.47. The lowest BCUT2D eigenvalue weighted by Crippen LogP contribution is -2.48. The Morgan fingerprint density at radius 2 is 1.62 bits per heavy atom. The summed E-state index contributed by atoms with van der Waals surface area (Å²) in [5, 5.41) is 6.89. The molecule has 0 aliphatic carbocycles. The van der Waals surface area contributed by atoms with E-state index in [1.807, 2.05) is 24.3 Å². The summed E-state index contributed by atoms with van der Waals surface area (Å²) in [6.45, 7) is 3.78. The van der Waals surface area contributed by atoms with Crippen LogP contribution >= 0.6 is 24.0 Å². The average Bonchev–Trinajstić information content (AvgIpc) is 2.79. The Morgan fingerprint density at radius 3 is 2.22 bits per heavy atom. The molecule has 2 aromatic carbocycles. The van der Waals surface area contributed by atoms with Gasteiger partial charge in [-0.3, -0.25) is 9.89 Å². The Bertz CT molecular complexity index is 944. The molecule has 3 rings (SSSR count). The van der Waals surface area contributed by atoms with Gasteiger partial charge in [0, 0.05) is 39.3 Å². The zero-order valence-electron chi connectivity index (χ0n) is 18.8. The molecule has 176 valence electrons. The molecule has 0 bridgehead atoms. The van der Waals surface area contributed by atoms with Gasteiger partial charge >= 0.3 is 0 Å². The van der Waals surface area contributed by atoms with Gasteiger partial charge < -0.3 is 10.6 Å². The van der Waals surface area contributed by atoms with E-state index in [1.165, 1.54) is 12.6 Å². The fraction of sp³-hybridized carbons (Fsp3) is 0.435. The quantitative estimate of drug-likeness (QED) is 0.258. The second-order valence-electron chi connectivity index (χ2n) is 7.89. The number of nitrogens with one attached hydrogen (secondary N) is 3. The Kier molecular flexibility index (Phi) is 10.9. The minimum absolute atomic E-state index is 0. The number of guanidine groups is 1. The molecule has 7 nitrogen and oxygen atoms in total. The Morgan fingerprint density at radius 1 is 1.00 bits per heavy atom. The highest BCUT2D eigenvalue weighted by molar-refractivity contribution is 14.0. The van der Waals surface area contributed by atoms with Crippen LogP contribution in [0.5, 0.6) is 0 Å². The van der Waals surface area contributed by atoms with Crippen molar-refractivity contribution >= 4 is 40.0 Å². The molecule has 0 aromatic heterocycles. The summed E-state index contributed by atoms with van der Waals surface area (Å²) in [7, 11) is -0.0383. The molecule has 1 aliphatic heterocycles. The van der Waals surface area contributed by atoms with E-state index in [0.29, 0.717) is 12.6 Å². The predicted molar refractivity (Wildman–Crippen MR) is 142 cm³/mol. The molecule has 1 saturated heterocycles. The second-order valence-corrected chi connectivity index (χ2v) is 9.81. The molecule has 0 saturated carbocycles. The van der Waals surface area contributed by atoms with Gasteiger partial charge in [-0.25, -0.2) is 13.1 Å². The number of sulfonamides is 1. The highest BCUT2D eigenvalue weighted by Gasteiger charge is 2.20. The van der Waals surface area contributed by atoms with Crippen LogP contribution in [0.2, 0.25) is 0 Å². The summed E-state index contributed by atoms with van der Waals surface area (Å²) in [6, 6.07) is 18.6. The molecule has 2 aromatic rings. The highest BCUT2D eigenvalue weighted by atomic mass is 127. The van der Waals surface area contributed by atoms with Gasteiger partial charge in [0.25, 0.3) is 0 Å². The van der Waals surface area contributed by atoms with Gasteiger partial charge in [-0.1, -0.05) is 54.6 Å². The zero-order valence-corrected chi connectivity index (χ0v) is 21.9. The van der Waals surface area contributed by atoms with Gasteiger partial charge in [0.15, 0.2) is 5.96 Å². The third-order valence-electron chi connectivity index (χ3n) is 5.55. The molecule has 0 radical (unpaired) electrons. The first-order chi connectivity index (χ1) is 15.0. The third kappa shape index (κ3) is 8.68. The van der Waals surface area contributed by atoms with Gasteiger partial charge in [-0.2, -0.15) is 0 Å². The van der Waals surface area contributed by atoms with Crippen LogP contribution in [0.3, 0.4) is 0 Å².